The van der Waals surface area contributed by atoms with Gasteiger partial charge < -0.3 is 25.4 Å². The van der Waals surface area contributed by atoms with Crippen LogP contribution in [0, 0.1) is 12.7 Å². The highest BCUT2D eigenvalue weighted by Crippen LogP contribution is 2.34. The van der Waals surface area contributed by atoms with E-state index in [0.717, 1.165) is 22.4 Å². The molecule has 0 spiro atoms. The van der Waals surface area contributed by atoms with E-state index >= 15 is 0 Å². The molecule has 11 nitrogen and oxygen atoms in total. The SMILES string of the molecule is CC.CC(C)(C)OC(=O)N1CC(n2nc(-c3ccc(CNC=O)cc3)c3c(N)ncnc32)C1.COc1ccc(F)cc1C. The van der Waals surface area contributed by atoms with Gasteiger partial charge in [-0.3, -0.25) is 4.79 Å². The second-order valence-corrected chi connectivity index (χ2v) is 10.6. The minimum atomic E-state index is -0.539. The molecule has 0 radical (unpaired) electrons. The van der Waals surface area contributed by atoms with Crippen molar-refractivity contribution in [2.75, 3.05) is 25.9 Å². The Balaban J connectivity index is 0.000000356. The Morgan fingerprint density at radius 1 is 1.14 bits per heavy atom. The molecule has 4 aromatic rings. The molecule has 3 N–H and O–H groups in total. The molecule has 0 atom stereocenters. The number of halogens is 1. The lowest BCUT2D eigenvalue weighted by molar-refractivity contribution is -0.109. The number of nitrogens with two attached hydrogens (primary N) is 1. The standard InChI is InChI=1S/C21H25N7O3.C8H9FO.C2H6/c1-21(2,3)31-20(30)27-9-15(10-27)28-19-16(18(22)24-11-25-19)17(26-28)14-6-4-13(5-7-14)8-23-12-29;1-6-5-7(9)3-4-8(6)10-2;1-2/h4-7,11-12,15H,8-10H2,1-3H3,(H,23,29)(H2,22,24,25);3-5H,1-2H3;1-2H3. The number of nitrogens with one attached hydrogen (secondary N) is 1. The number of methoxy groups -OCH3 is 1. The van der Waals surface area contributed by atoms with Gasteiger partial charge in [-0.05, 0) is 57.0 Å². The van der Waals surface area contributed by atoms with Crippen molar-refractivity contribution in [3.63, 3.8) is 0 Å². The highest BCUT2D eigenvalue weighted by Gasteiger charge is 2.37. The first-order valence-corrected chi connectivity index (χ1v) is 14.0. The molecule has 0 aliphatic carbocycles. The Morgan fingerprint density at radius 2 is 1.81 bits per heavy atom. The fraction of sp³-hybridized carbons (Fsp3) is 0.387. The van der Waals surface area contributed by atoms with Crippen LogP contribution in [0.5, 0.6) is 5.75 Å². The number of aromatic nitrogens is 4. The van der Waals surface area contributed by atoms with Crippen molar-refractivity contribution < 1.29 is 23.5 Å². The summed E-state index contributed by atoms with van der Waals surface area (Å²) in [5, 5.41) is 8.11. The number of nitrogen functional groups attached to an aromatic ring is 1. The Morgan fingerprint density at radius 3 is 2.40 bits per heavy atom. The fourth-order valence-electron chi connectivity index (χ4n) is 4.32. The highest BCUT2D eigenvalue weighted by molar-refractivity contribution is 5.98. The lowest BCUT2D eigenvalue weighted by Gasteiger charge is -2.39. The summed E-state index contributed by atoms with van der Waals surface area (Å²) < 4.78 is 24.6. The third kappa shape index (κ3) is 8.18. The van der Waals surface area contributed by atoms with Crippen LogP contribution in [0.4, 0.5) is 15.0 Å². The predicted molar refractivity (Wildman–Crippen MR) is 164 cm³/mol. The molecular formula is C31H40FN7O4. The quantitative estimate of drug-likeness (QED) is 0.288. The fourth-order valence-corrected chi connectivity index (χ4v) is 4.32. The normalized spacial score (nSPS) is 12.7. The van der Waals surface area contributed by atoms with E-state index < -0.39 is 5.60 Å². The maximum Gasteiger partial charge on any atom is 0.410 e. The maximum atomic E-state index is 12.4. The maximum absolute atomic E-state index is 12.4. The number of aryl methyl sites for hydroxylation is 1. The molecule has 230 valence electrons. The van der Waals surface area contributed by atoms with Gasteiger partial charge in [0.25, 0.3) is 0 Å². The first kappa shape index (κ1) is 32.8. The molecule has 2 aromatic heterocycles. The third-order valence-corrected chi connectivity index (χ3v) is 6.35. The molecule has 1 aliphatic heterocycles. The summed E-state index contributed by atoms with van der Waals surface area (Å²) in [5.41, 5.74) is 9.59. The number of anilines is 1. The Labute approximate surface area is 251 Å². The van der Waals surface area contributed by atoms with Crippen LogP contribution < -0.4 is 15.8 Å². The van der Waals surface area contributed by atoms with Gasteiger partial charge in [0.2, 0.25) is 6.41 Å². The van der Waals surface area contributed by atoms with Crippen molar-refractivity contribution >= 4 is 29.4 Å². The van der Waals surface area contributed by atoms with E-state index in [1.807, 2.05) is 70.5 Å². The molecule has 2 aromatic carbocycles. The molecule has 43 heavy (non-hydrogen) atoms. The zero-order valence-electron chi connectivity index (χ0n) is 25.7. The van der Waals surface area contributed by atoms with Gasteiger partial charge in [0, 0.05) is 25.2 Å². The van der Waals surface area contributed by atoms with E-state index in [1.54, 1.807) is 18.1 Å². The lowest BCUT2D eigenvalue weighted by atomic mass is 10.1. The summed E-state index contributed by atoms with van der Waals surface area (Å²) in [6.07, 6.45) is 1.74. The van der Waals surface area contributed by atoms with Gasteiger partial charge in [0.05, 0.1) is 18.5 Å². The number of fused-ring (bicyclic) bond motifs is 1. The van der Waals surface area contributed by atoms with Crippen LogP contribution in [0.25, 0.3) is 22.3 Å². The van der Waals surface area contributed by atoms with Crippen molar-refractivity contribution in [3.05, 3.63) is 65.7 Å². The number of amides is 2. The molecule has 0 unspecified atom stereocenters. The molecule has 3 heterocycles. The van der Waals surface area contributed by atoms with Gasteiger partial charge in [0.1, 0.15) is 35.0 Å². The van der Waals surface area contributed by atoms with E-state index in [0.29, 0.717) is 48.6 Å². The smallest absolute Gasteiger partial charge is 0.410 e. The summed E-state index contributed by atoms with van der Waals surface area (Å²) in [4.78, 5) is 32.9. The van der Waals surface area contributed by atoms with E-state index in [2.05, 4.69) is 15.3 Å². The predicted octanol–water partition coefficient (Wildman–Crippen LogP) is 5.28. The number of ether oxygens (including phenoxy) is 2. The number of carbonyl (C=O) groups excluding carboxylic acids is 2. The van der Waals surface area contributed by atoms with Crippen LogP contribution >= 0.6 is 0 Å². The average molecular weight is 594 g/mol. The zero-order valence-corrected chi connectivity index (χ0v) is 25.7. The van der Waals surface area contributed by atoms with Crippen molar-refractivity contribution in [3.8, 4) is 17.0 Å². The Hall–Kier alpha value is -4.74. The van der Waals surface area contributed by atoms with E-state index in [9.17, 15) is 14.0 Å². The average Bonchev–Trinajstić information content (AvgIpc) is 3.32. The zero-order chi connectivity index (χ0) is 31.7. The minimum absolute atomic E-state index is 0.0332. The number of hydrogen-bond donors (Lipinski definition) is 2. The van der Waals surface area contributed by atoms with Crippen molar-refractivity contribution in [1.29, 1.82) is 0 Å². The number of likely N-dealkylation sites (tertiary alicyclic amines) is 1. The van der Waals surface area contributed by atoms with Gasteiger partial charge in [0.15, 0.2) is 5.65 Å². The van der Waals surface area contributed by atoms with Crippen LogP contribution in [0.15, 0.2) is 48.8 Å². The summed E-state index contributed by atoms with van der Waals surface area (Å²) >= 11 is 0. The first-order valence-electron chi connectivity index (χ1n) is 14.0. The molecule has 1 aliphatic rings. The van der Waals surface area contributed by atoms with E-state index in [-0.39, 0.29) is 18.0 Å². The molecule has 2 amide bonds. The molecule has 1 fully saturated rings. The molecule has 1 saturated heterocycles. The number of hydrogen-bond acceptors (Lipinski definition) is 8. The molecule has 5 rings (SSSR count). The molecule has 0 saturated carbocycles. The topological polar surface area (TPSA) is 137 Å². The largest absolute Gasteiger partial charge is 0.496 e. The van der Waals surface area contributed by atoms with Crippen LogP contribution in [-0.2, 0) is 16.1 Å². The highest BCUT2D eigenvalue weighted by atomic mass is 19.1. The van der Waals surface area contributed by atoms with E-state index in [1.165, 1.54) is 18.5 Å². The lowest BCUT2D eigenvalue weighted by Crippen LogP contribution is -2.52. The minimum Gasteiger partial charge on any atom is -0.496 e. The number of rotatable bonds is 6. The number of benzene rings is 2. The molecule has 12 heteroatoms. The van der Waals surface area contributed by atoms with Crippen molar-refractivity contribution in [1.82, 2.24) is 30.0 Å². The summed E-state index contributed by atoms with van der Waals surface area (Å²) in [6.45, 7) is 12.7. The number of carbonyl (C=O) groups is 2. The summed E-state index contributed by atoms with van der Waals surface area (Å²) in [7, 11) is 1.57. The molecular weight excluding hydrogens is 553 g/mol. The van der Waals surface area contributed by atoms with Crippen LogP contribution in [0.2, 0.25) is 0 Å². The second-order valence-electron chi connectivity index (χ2n) is 10.6. The van der Waals surface area contributed by atoms with Gasteiger partial charge >= 0.3 is 6.09 Å². The van der Waals surface area contributed by atoms with Crippen LogP contribution in [0.1, 0.15) is 51.8 Å². The number of nitrogens with zero attached hydrogens (tertiary/aromatic N) is 5. The Kier molecular flexibility index (Phi) is 11.0. The molecule has 0 bridgehead atoms. The van der Waals surface area contributed by atoms with Crippen molar-refractivity contribution in [2.45, 2.75) is 59.7 Å². The third-order valence-electron chi connectivity index (χ3n) is 6.35. The Bertz CT molecular complexity index is 1530. The van der Waals surface area contributed by atoms with Gasteiger partial charge in [-0.25, -0.2) is 23.8 Å². The van der Waals surface area contributed by atoms with Crippen molar-refractivity contribution in [2.24, 2.45) is 0 Å². The second kappa shape index (κ2) is 14.4. The van der Waals surface area contributed by atoms with Gasteiger partial charge in [-0.15, -0.1) is 0 Å². The summed E-state index contributed by atoms with van der Waals surface area (Å²) in [5.74, 6) is 0.848. The van der Waals surface area contributed by atoms with Crippen LogP contribution in [0.3, 0.4) is 0 Å². The van der Waals surface area contributed by atoms with E-state index in [4.69, 9.17) is 20.3 Å². The monoisotopic (exact) mass is 593 g/mol. The summed E-state index contributed by atoms with van der Waals surface area (Å²) in [6, 6.07) is 12.1. The first-order chi connectivity index (χ1) is 20.5. The van der Waals surface area contributed by atoms with Gasteiger partial charge in [-0.2, -0.15) is 5.10 Å². The van der Waals surface area contributed by atoms with Gasteiger partial charge in [-0.1, -0.05) is 38.1 Å². The van der Waals surface area contributed by atoms with Crippen LogP contribution in [-0.4, -0.2) is 63.0 Å².